The second-order valence-corrected chi connectivity index (χ2v) is 6.44. The lowest BCUT2D eigenvalue weighted by Gasteiger charge is -2.16. The summed E-state index contributed by atoms with van der Waals surface area (Å²) in [5, 5.41) is 5.89. The van der Waals surface area contributed by atoms with E-state index in [1.807, 2.05) is 25.1 Å². The van der Waals surface area contributed by atoms with Crippen LogP contribution in [-0.4, -0.2) is 32.6 Å². The number of para-hydroxylation sites is 1. The molecule has 1 unspecified atom stereocenters. The summed E-state index contributed by atoms with van der Waals surface area (Å²) in [6, 6.07) is 12.4. The number of carbonyl (C=O) groups is 2. The number of rotatable bonds is 7. The maximum Gasteiger partial charge on any atom is 0.339 e. The van der Waals surface area contributed by atoms with Gasteiger partial charge in [0.2, 0.25) is 5.91 Å². The van der Waals surface area contributed by atoms with Crippen molar-refractivity contribution in [2.24, 2.45) is 0 Å². The van der Waals surface area contributed by atoms with Gasteiger partial charge in [0.1, 0.15) is 5.75 Å². The molecule has 7 heteroatoms. The monoisotopic (exact) mass is 420 g/mol. The predicted molar refractivity (Wildman–Crippen MR) is 104 cm³/mol. The molecule has 0 heterocycles. The van der Waals surface area contributed by atoms with Gasteiger partial charge in [0.25, 0.3) is 0 Å². The Morgan fingerprint density at radius 3 is 2.54 bits per heavy atom. The highest BCUT2D eigenvalue weighted by Gasteiger charge is 2.14. The van der Waals surface area contributed by atoms with Crippen LogP contribution in [0.5, 0.6) is 5.75 Å². The van der Waals surface area contributed by atoms with Crippen LogP contribution >= 0.6 is 15.9 Å². The topological polar surface area (TPSA) is 76.7 Å². The first-order valence-electron chi connectivity index (χ1n) is 8.00. The Balaban J connectivity index is 1.97. The Hall–Kier alpha value is -2.38. The van der Waals surface area contributed by atoms with Gasteiger partial charge in [-0.05, 0) is 52.7 Å². The molecule has 2 aromatic carbocycles. The summed E-state index contributed by atoms with van der Waals surface area (Å²) in [5.41, 5.74) is 1.75. The fraction of sp³-hybridized carbons (Fsp3) is 0.263. The lowest BCUT2D eigenvalue weighted by atomic mass is 10.1. The van der Waals surface area contributed by atoms with Crippen LogP contribution < -0.4 is 15.4 Å². The molecule has 1 amide bonds. The Kier molecular flexibility index (Phi) is 7.17. The van der Waals surface area contributed by atoms with Gasteiger partial charge in [-0.25, -0.2) is 4.79 Å². The minimum absolute atomic E-state index is 0.0428. The van der Waals surface area contributed by atoms with Gasteiger partial charge >= 0.3 is 5.97 Å². The minimum atomic E-state index is -0.495. The van der Waals surface area contributed by atoms with E-state index in [2.05, 4.69) is 26.6 Å². The van der Waals surface area contributed by atoms with Crippen LogP contribution in [0.2, 0.25) is 0 Å². The van der Waals surface area contributed by atoms with Gasteiger partial charge in [-0.1, -0.05) is 18.2 Å². The van der Waals surface area contributed by atoms with Gasteiger partial charge in [0.05, 0.1) is 36.5 Å². The molecule has 0 aliphatic carbocycles. The molecular formula is C19H21BrN2O4. The van der Waals surface area contributed by atoms with Gasteiger partial charge in [-0.15, -0.1) is 0 Å². The van der Waals surface area contributed by atoms with Crippen molar-refractivity contribution < 1.29 is 19.1 Å². The van der Waals surface area contributed by atoms with E-state index in [4.69, 9.17) is 9.47 Å². The second-order valence-electron chi connectivity index (χ2n) is 5.58. The summed E-state index contributed by atoms with van der Waals surface area (Å²) in [4.78, 5) is 24.0. The molecule has 138 valence electrons. The number of carbonyl (C=O) groups excluding carboxylic acids is 2. The van der Waals surface area contributed by atoms with Crippen LogP contribution in [-0.2, 0) is 9.53 Å². The Bertz CT molecular complexity index is 795. The summed E-state index contributed by atoms with van der Waals surface area (Å²) >= 11 is 3.45. The number of halogens is 1. The van der Waals surface area contributed by atoms with Crippen LogP contribution in [0.15, 0.2) is 46.9 Å². The predicted octanol–water partition coefficient (Wildman–Crippen LogP) is 3.53. The van der Waals surface area contributed by atoms with Crippen molar-refractivity contribution in [1.82, 2.24) is 5.32 Å². The number of hydrogen-bond donors (Lipinski definition) is 2. The molecule has 0 saturated carbocycles. The van der Waals surface area contributed by atoms with E-state index in [0.717, 1.165) is 15.8 Å². The number of esters is 1. The molecule has 1 atom stereocenters. The normalized spacial score (nSPS) is 11.5. The van der Waals surface area contributed by atoms with Crippen molar-refractivity contribution in [3.63, 3.8) is 0 Å². The summed E-state index contributed by atoms with van der Waals surface area (Å²) in [5.74, 6) is 0.00389. The molecule has 0 radical (unpaired) electrons. The number of benzene rings is 2. The zero-order valence-corrected chi connectivity index (χ0v) is 16.4. The third-order valence-electron chi connectivity index (χ3n) is 3.85. The third-order valence-corrected chi connectivity index (χ3v) is 4.47. The molecule has 0 aliphatic heterocycles. The SMILES string of the molecule is COC(=O)c1ccccc1NC(=O)CNC(C)c1ccc(OC)c(Br)c1. The summed E-state index contributed by atoms with van der Waals surface area (Å²) in [7, 11) is 2.91. The summed E-state index contributed by atoms with van der Waals surface area (Å²) in [6.07, 6.45) is 0. The van der Waals surface area contributed by atoms with Crippen molar-refractivity contribution in [3.05, 3.63) is 58.1 Å². The third kappa shape index (κ3) is 5.06. The number of anilines is 1. The van der Waals surface area contributed by atoms with Crippen LogP contribution in [0.25, 0.3) is 0 Å². The molecule has 0 bridgehead atoms. The first kappa shape index (κ1) is 19.9. The van der Waals surface area contributed by atoms with Crippen molar-refractivity contribution in [2.75, 3.05) is 26.1 Å². The molecule has 2 rings (SSSR count). The van der Waals surface area contributed by atoms with E-state index in [1.54, 1.807) is 31.4 Å². The van der Waals surface area contributed by atoms with E-state index < -0.39 is 5.97 Å². The summed E-state index contributed by atoms with van der Waals surface area (Å²) in [6.45, 7) is 2.06. The van der Waals surface area contributed by atoms with E-state index >= 15 is 0 Å². The van der Waals surface area contributed by atoms with Gasteiger partial charge in [-0.2, -0.15) is 0 Å². The van der Waals surface area contributed by atoms with Gasteiger partial charge < -0.3 is 20.1 Å². The first-order chi connectivity index (χ1) is 12.5. The first-order valence-corrected chi connectivity index (χ1v) is 8.79. The van der Waals surface area contributed by atoms with Crippen LogP contribution in [0.4, 0.5) is 5.69 Å². The van der Waals surface area contributed by atoms with Gasteiger partial charge in [0.15, 0.2) is 0 Å². The summed E-state index contributed by atoms with van der Waals surface area (Å²) < 4.78 is 10.8. The highest BCUT2D eigenvalue weighted by atomic mass is 79.9. The number of hydrogen-bond acceptors (Lipinski definition) is 5. The van der Waals surface area contributed by atoms with Crippen LogP contribution in [0, 0.1) is 0 Å². The minimum Gasteiger partial charge on any atom is -0.496 e. The van der Waals surface area contributed by atoms with Gasteiger partial charge in [-0.3, -0.25) is 4.79 Å². The van der Waals surface area contributed by atoms with Gasteiger partial charge in [0, 0.05) is 6.04 Å². The molecule has 0 aliphatic rings. The maximum atomic E-state index is 12.2. The van der Waals surface area contributed by atoms with Crippen molar-refractivity contribution in [2.45, 2.75) is 13.0 Å². The van der Waals surface area contributed by atoms with E-state index in [1.165, 1.54) is 7.11 Å². The Morgan fingerprint density at radius 1 is 1.15 bits per heavy atom. The zero-order valence-electron chi connectivity index (χ0n) is 14.8. The number of methoxy groups -OCH3 is 2. The Labute approximate surface area is 161 Å². The molecule has 2 N–H and O–H groups in total. The molecule has 0 aromatic heterocycles. The molecule has 0 spiro atoms. The lowest BCUT2D eigenvalue weighted by Crippen LogP contribution is -2.30. The molecular weight excluding hydrogens is 400 g/mol. The largest absolute Gasteiger partial charge is 0.496 e. The van der Waals surface area contributed by atoms with Crippen molar-refractivity contribution in [3.8, 4) is 5.75 Å². The number of nitrogens with one attached hydrogen (secondary N) is 2. The molecule has 2 aromatic rings. The maximum absolute atomic E-state index is 12.2. The van der Waals surface area contributed by atoms with E-state index in [9.17, 15) is 9.59 Å². The molecule has 6 nitrogen and oxygen atoms in total. The zero-order chi connectivity index (χ0) is 19.1. The molecule has 0 fully saturated rings. The molecule has 26 heavy (non-hydrogen) atoms. The average Bonchev–Trinajstić information content (AvgIpc) is 2.65. The smallest absolute Gasteiger partial charge is 0.339 e. The van der Waals surface area contributed by atoms with E-state index in [0.29, 0.717) is 11.3 Å². The number of ether oxygens (including phenoxy) is 2. The fourth-order valence-electron chi connectivity index (χ4n) is 2.39. The second kappa shape index (κ2) is 9.35. The number of amides is 1. The van der Waals surface area contributed by atoms with E-state index in [-0.39, 0.29) is 18.5 Å². The quantitative estimate of drug-likeness (QED) is 0.669. The highest BCUT2D eigenvalue weighted by molar-refractivity contribution is 9.10. The van der Waals surface area contributed by atoms with Crippen LogP contribution in [0.3, 0.4) is 0 Å². The van der Waals surface area contributed by atoms with Crippen molar-refractivity contribution in [1.29, 1.82) is 0 Å². The molecule has 0 saturated heterocycles. The lowest BCUT2D eigenvalue weighted by molar-refractivity contribution is -0.115. The highest BCUT2D eigenvalue weighted by Crippen LogP contribution is 2.27. The van der Waals surface area contributed by atoms with Crippen molar-refractivity contribution >= 4 is 33.5 Å². The standard InChI is InChI=1S/C19H21BrN2O4/c1-12(13-8-9-17(25-2)15(20)10-13)21-11-18(23)22-16-7-5-4-6-14(16)19(24)26-3/h4-10,12,21H,11H2,1-3H3,(H,22,23). The Morgan fingerprint density at radius 2 is 1.88 bits per heavy atom. The van der Waals surface area contributed by atoms with Crippen LogP contribution in [0.1, 0.15) is 28.9 Å². The fourth-order valence-corrected chi connectivity index (χ4v) is 2.95. The average molecular weight is 421 g/mol.